The molecule has 1 atom stereocenters. The number of ether oxygens (including phenoxy) is 3. The Kier molecular flexibility index (Phi) is 7.30. The van der Waals surface area contributed by atoms with E-state index in [1.54, 1.807) is 13.8 Å². The quantitative estimate of drug-likeness (QED) is 0.652. The minimum absolute atomic E-state index is 0.0243. The predicted molar refractivity (Wildman–Crippen MR) is 92.8 cm³/mol. The molecule has 1 aliphatic rings. The van der Waals surface area contributed by atoms with E-state index in [1.165, 1.54) is 18.2 Å². The Hall–Kier alpha value is -3.17. The van der Waals surface area contributed by atoms with Crippen LogP contribution < -0.4 is 15.4 Å². The number of benzene rings is 1. The summed E-state index contributed by atoms with van der Waals surface area (Å²) in [7, 11) is 0. The van der Waals surface area contributed by atoms with Crippen LogP contribution in [-0.2, 0) is 14.3 Å². The summed E-state index contributed by atoms with van der Waals surface area (Å²) >= 11 is 0. The van der Waals surface area contributed by atoms with Gasteiger partial charge in [-0.15, -0.1) is 0 Å². The molecule has 1 aliphatic heterocycles. The maximum Gasteiger partial charge on any atom is 0.387 e. The summed E-state index contributed by atoms with van der Waals surface area (Å²) in [6, 6.07) is 3.95. The van der Waals surface area contributed by atoms with Crippen molar-refractivity contribution in [3.05, 3.63) is 41.1 Å². The number of rotatable bonds is 8. The second kappa shape index (κ2) is 9.67. The highest BCUT2D eigenvalue weighted by molar-refractivity contribution is 5.95. The molecular weight excluding hydrogens is 378 g/mol. The van der Waals surface area contributed by atoms with Crippen LogP contribution in [0.15, 0.2) is 35.5 Å². The van der Waals surface area contributed by atoms with Gasteiger partial charge in [0.2, 0.25) is 0 Å². The third-order valence-electron chi connectivity index (χ3n) is 3.79. The molecule has 2 N–H and O–H groups in total. The molecule has 0 saturated carbocycles. The van der Waals surface area contributed by atoms with Gasteiger partial charge in [0.05, 0.1) is 29.5 Å². The molecule has 10 heteroatoms. The Bertz CT molecular complexity index is 781. The fraction of sp³-hybridized carbons (Fsp3) is 0.389. The third kappa shape index (κ3) is 5.41. The average molecular weight is 398 g/mol. The molecule has 2 rings (SSSR count). The van der Waals surface area contributed by atoms with Crippen molar-refractivity contribution in [2.75, 3.05) is 13.2 Å². The number of nitrogens with one attached hydrogen (secondary N) is 2. The molecule has 152 valence electrons. The van der Waals surface area contributed by atoms with Crippen LogP contribution in [0.2, 0.25) is 0 Å². The van der Waals surface area contributed by atoms with Crippen molar-refractivity contribution in [2.45, 2.75) is 32.9 Å². The van der Waals surface area contributed by atoms with E-state index in [0.717, 1.165) is 6.07 Å². The van der Waals surface area contributed by atoms with Crippen LogP contribution >= 0.6 is 0 Å². The van der Waals surface area contributed by atoms with E-state index in [0.29, 0.717) is 6.42 Å². The third-order valence-corrected chi connectivity index (χ3v) is 3.79. The summed E-state index contributed by atoms with van der Waals surface area (Å²) in [5, 5.41) is 5.04. The largest absolute Gasteiger partial charge is 0.463 e. The topological polar surface area (TPSA) is 103 Å². The molecule has 0 radical (unpaired) electrons. The molecule has 0 fully saturated rings. The fourth-order valence-corrected chi connectivity index (χ4v) is 2.60. The summed E-state index contributed by atoms with van der Waals surface area (Å²) in [5.74, 6) is -1.67. The van der Waals surface area contributed by atoms with E-state index in [1.807, 2.05) is 0 Å². The lowest BCUT2D eigenvalue weighted by Gasteiger charge is -2.28. The second-order valence-electron chi connectivity index (χ2n) is 5.65. The zero-order valence-corrected chi connectivity index (χ0v) is 15.3. The molecule has 0 bridgehead atoms. The van der Waals surface area contributed by atoms with Crippen LogP contribution in [0.5, 0.6) is 5.75 Å². The van der Waals surface area contributed by atoms with Crippen LogP contribution in [-0.4, -0.2) is 43.8 Å². The maximum atomic E-state index is 12.3. The van der Waals surface area contributed by atoms with Crippen LogP contribution in [0.1, 0.15) is 30.6 Å². The monoisotopic (exact) mass is 398 g/mol. The van der Waals surface area contributed by atoms with Crippen LogP contribution in [0.4, 0.5) is 13.6 Å². The number of halogens is 2. The second-order valence-corrected chi connectivity index (χ2v) is 5.65. The van der Waals surface area contributed by atoms with Gasteiger partial charge < -0.3 is 24.8 Å². The molecule has 1 aromatic carbocycles. The van der Waals surface area contributed by atoms with E-state index < -0.39 is 37.2 Å². The van der Waals surface area contributed by atoms with Crippen LogP contribution in [0.3, 0.4) is 0 Å². The summed E-state index contributed by atoms with van der Waals surface area (Å²) in [4.78, 5) is 36.3. The molecule has 0 spiro atoms. The lowest BCUT2D eigenvalue weighted by molar-refractivity contribution is -0.139. The molecule has 1 heterocycles. The zero-order chi connectivity index (χ0) is 20.7. The highest BCUT2D eigenvalue weighted by atomic mass is 19.3. The minimum atomic E-state index is -3.03. The number of urea groups is 1. The standard InChI is InChI=1S/C18H20F2N2O6/c1-3-12-14(16(24)26-4-2)13(22-18(25)21-12)9-27-15(23)10-6-5-7-11(8-10)28-17(19)20/h5-8,12,17H,3-4,9H2,1-2H3,(H2,21,22,25)/t12-/m1/s1. The molecular formula is C18H20F2N2O6. The number of carbonyl (C=O) groups excluding carboxylic acids is 3. The number of hydrogen-bond acceptors (Lipinski definition) is 6. The van der Waals surface area contributed by atoms with Gasteiger partial charge in [0.15, 0.2) is 0 Å². The highest BCUT2D eigenvalue weighted by Crippen LogP contribution is 2.19. The number of hydrogen-bond donors (Lipinski definition) is 2. The molecule has 28 heavy (non-hydrogen) atoms. The summed E-state index contributed by atoms with van der Waals surface area (Å²) in [6.45, 7) is 0.114. The van der Waals surface area contributed by atoms with Crippen molar-refractivity contribution in [1.82, 2.24) is 10.6 Å². The zero-order valence-electron chi connectivity index (χ0n) is 15.3. The predicted octanol–water partition coefficient (Wildman–Crippen LogP) is 2.35. The summed E-state index contributed by atoms with van der Waals surface area (Å²) in [6.07, 6.45) is 0.423. The Morgan fingerprint density at radius 1 is 1.18 bits per heavy atom. The highest BCUT2D eigenvalue weighted by Gasteiger charge is 2.32. The van der Waals surface area contributed by atoms with Crippen molar-refractivity contribution >= 4 is 18.0 Å². The first-order chi connectivity index (χ1) is 13.3. The number of esters is 2. The summed E-state index contributed by atoms with van der Waals surface area (Å²) < 4.78 is 39.0. The SMILES string of the molecule is CCOC(=O)C1=C(COC(=O)c2cccc(OC(F)F)c2)NC(=O)N[C@@H]1CC. The van der Waals surface area contributed by atoms with E-state index >= 15 is 0 Å². The van der Waals surface area contributed by atoms with E-state index in [2.05, 4.69) is 15.4 Å². The lowest BCUT2D eigenvalue weighted by atomic mass is 10.0. The Morgan fingerprint density at radius 3 is 2.57 bits per heavy atom. The Balaban J connectivity index is 2.18. The fourth-order valence-electron chi connectivity index (χ4n) is 2.60. The first-order valence-electron chi connectivity index (χ1n) is 8.55. The van der Waals surface area contributed by atoms with Gasteiger partial charge in [0, 0.05) is 0 Å². The normalized spacial score (nSPS) is 16.3. The smallest absolute Gasteiger partial charge is 0.387 e. The van der Waals surface area contributed by atoms with E-state index in [4.69, 9.17) is 9.47 Å². The molecule has 2 amide bonds. The van der Waals surface area contributed by atoms with Crippen molar-refractivity contribution in [1.29, 1.82) is 0 Å². The minimum Gasteiger partial charge on any atom is -0.463 e. The van der Waals surface area contributed by atoms with Crippen molar-refractivity contribution < 1.29 is 37.4 Å². The van der Waals surface area contributed by atoms with E-state index in [9.17, 15) is 23.2 Å². The van der Waals surface area contributed by atoms with Gasteiger partial charge >= 0.3 is 24.6 Å². The maximum absolute atomic E-state index is 12.3. The Labute approximate surface area is 159 Å². The number of amides is 2. The molecule has 0 aliphatic carbocycles. The number of carbonyl (C=O) groups is 3. The van der Waals surface area contributed by atoms with Gasteiger partial charge in [-0.2, -0.15) is 8.78 Å². The van der Waals surface area contributed by atoms with Crippen LogP contribution in [0, 0.1) is 0 Å². The molecule has 0 aromatic heterocycles. The van der Waals surface area contributed by atoms with Gasteiger partial charge in [0.25, 0.3) is 0 Å². The summed E-state index contributed by atoms with van der Waals surface area (Å²) in [5.41, 5.74) is 0.234. The van der Waals surface area contributed by atoms with Crippen molar-refractivity contribution in [3.63, 3.8) is 0 Å². The lowest BCUT2D eigenvalue weighted by Crippen LogP contribution is -2.51. The van der Waals surface area contributed by atoms with Gasteiger partial charge in [0.1, 0.15) is 12.4 Å². The van der Waals surface area contributed by atoms with Gasteiger partial charge in [-0.25, -0.2) is 14.4 Å². The van der Waals surface area contributed by atoms with Crippen molar-refractivity contribution in [2.24, 2.45) is 0 Å². The van der Waals surface area contributed by atoms with Gasteiger partial charge in [-0.05, 0) is 31.5 Å². The molecule has 1 aromatic rings. The first kappa shape index (κ1) is 21.1. The van der Waals surface area contributed by atoms with E-state index in [-0.39, 0.29) is 29.2 Å². The first-order valence-corrected chi connectivity index (χ1v) is 8.55. The average Bonchev–Trinajstić information content (AvgIpc) is 2.65. The molecule has 0 saturated heterocycles. The Morgan fingerprint density at radius 2 is 1.93 bits per heavy atom. The van der Waals surface area contributed by atoms with Gasteiger partial charge in [-0.1, -0.05) is 13.0 Å². The molecule has 0 unspecified atom stereocenters. The van der Waals surface area contributed by atoms with Crippen molar-refractivity contribution in [3.8, 4) is 5.75 Å². The number of alkyl halides is 2. The molecule has 8 nitrogen and oxygen atoms in total. The van der Waals surface area contributed by atoms with Gasteiger partial charge in [-0.3, -0.25) is 0 Å². The van der Waals surface area contributed by atoms with Crippen LogP contribution in [0.25, 0.3) is 0 Å².